The average molecular weight is 282 g/mol. The summed E-state index contributed by atoms with van der Waals surface area (Å²) in [5.41, 5.74) is 0. The molecule has 3 heteroatoms. The second-order valence-electron chi connectivity index (χ2n) is 4.33. The Labute approximate surface area is 113 Å². The van der Waals surface area contributed by atoms with Gasteiger partial charge in [-0.15, -0.1) is 0 Å². The van der Waals surface area contributed by atoms with E-state index in [1.54, 1.807) is 0 Å². The van der Waals surface area contributed by atoms with Crippen LogP contribution in [0.2, 0.25) is 0 Å². The van der Waals surface area contributed by atoms with Crippen LogP contribution in [0.1, 0.15) is 52.4 Å². The molecule has 0 aromatic heterocycles. The van der Waals surface area contributed by atoms with Gasteiger partial charge in [-0.3, -0.25) is 0 Å². The molecular formula is C12H21ClOZn-. The molecule has 1 aliphatic carbocycles. The number of hydrogen-bond acceptors (Lipinski definition) is 1. The molecule has 1 fully saturated rings. The van der Waals surface area contributed by atoms with Crippen LogP contribution in [0.3, 0.4) is 0 Å². The summed E-state index contributed by atoms with van der Waals surface area (Å²) in [6, 6.07) is 0. The van der Waals surface area contributed by atoms with Gasteiger partial charge in [0.25, 0.3) is 0 Å². The zero-order valence-electron chi connectivity index (χ0n) is 9.97. The van der Waals surface area contributed by atoms with Crippen molar-refractivity contribution in [1.29, 1.82) is 0 Å². The molecule has 1 radical (unpaired) electrons. The largest absolute Gasteiger partial charge is 1.00 e. The number of hydrogen-bond donors (Lipinski definition) is 0. The van der Waals surface area contributed by atoms with Crippen molar-refractivity contribution in [3.8, 4) is 0 Å². The van der Waals surface area contributed by atoms with Crippen molar-refractivity contribution in [3.05, 3.63) is 12.3 Å². The van der Waals surface area contributed by atoms with Gasteiger partial charge in [-0.1, -0.05) is 20.3 Å². The van der Waals surface area contributed by atoms with Gasteiger partial charge in [-0.25, -0.2) is 0 Å². The van der Waals surface area contributed by atoms with E-state index in [1.165, 1.54) is 32.1 Å². The predicted octanol–water partition coefficient (Wildman–Crippen LogP) is 0.700. The summed E-state index contributed by atoms with van der Waals surface area (Å²) in [5.74, 6) is 0.711. The fraction of sp³-hybridized carbons (Fsp3) is 0.833. The molecule has 0 aliphatic heterocycles. The molecule has 15 heavy (non-hydrogen) atoms. The SMILES string of the molecule is CC(C)CC=[C]OC1CCCCC1.[Cl-].[Zn]. The zero-order chi connectivity index (χ0) is 9.52. The number of allylic oxidation sites excluding steroid dienone is 1. The van der Waals surface area contributed by atoms with Gasteiger partial charge >= 0.3 is 0 Å². The number of ether oxygens (including phenoxy) is 1. The zero-order valence-corrected chi connectivity index (χ0v) is 13.7. The Balaban J connectivity index is 0. The minimum absolute atomic E-state index is 0. The van der Waals surface area contributed by atoms with E-state index >= 15 is 0 Å². The maximum Gasteiger partial charge on any atom is 0.157 e. The van der Waals surface area contributed by atoms with Crippen molar-refractivity contribution < 1.29 is 36.6 Å². The molecule has 0 atom stereocenters. The van der Waals surface area contributed by atoms with E-state index in [0.717, 1.165) is 6.42 Å². The van der Waals surface area contributed by atoms with Crippen molar-refractivity contribution in [3.63, 3.8) is 0 Å². The third kappa shape index (κ3) is 9.39. The first-order valence-electron chi connectivity index (χ1n) is 5.52. The summed E-state index contributed by atoms with van der Waals surface area (Å²) in [6.45, 7) is 4.41. The predicted molar refractivity (Wildman–Crippen MR) is 55.2 cm³/mol. The monoisotopic (exact) mass is 280 g/mol. The first-order valence-corrected chi connectivity index (χ1v) is 5.52. The van der Waals surface area contributed by atoms with Crippen LogP contribution in [0.5, 0.6) is 0 Å². The normalized spacial score (nSPS) is 17.3. The number of halogens is 1. The Bertz CT molecular complexity index is 154. The molecule has 0 bridgehead atoms. The van der Waals surface area contributed by atoms with Gasteiger partial charge in [0.1, 0.15) is 0 Å². The quantitative estimate of drug-likeness (QED) is 0.545. The summed E-state index contributed by atoms with van der Waals surface area (Å²) in [7, 11) is 0. The van der Waals surface area contributed by atoms with Gasteiger partial charge in [0.15, 0.2) is 6.26 Å². The molecule has 85 valence electrons. The van der Waals surface area contributed by atoms with Crippen LogP contribution in [0, 0.1) is 12.2 Å². The Morgan fingerprint density at radius 1 is 1.27 bits per heavy atom. The van der Waals surface area contributed by atoms with Crippen molar-refractivity contribution in [2.45, 2.75) is 58.5 Å². The van der Waals surface area contributed by atoms with Crippen LogP contribution in [0.15, 0.2) is 6.08 Å². The maximum atomic E-state index is 5.53. The summed E-state index contributed by atoms with van der Waals surface area (Å²) in [6.07, 6.45) is 13.0. The second kappa shape index (κ2) is 11.0. The van der Waals surface area contributed by atoms with Crippen LogP contribution >= 0.6 is 0 Å². The standard InChI is InChI=1S/C12H21O.ClH.Zn/c1-11(2)7-6-10-13-12-8-4-3-5-9-12;;/h6,11-12H,3-5,7-9H2,1-2H3;1H;/p-1. The smallest absolute Gasteiger partial charge is 0.157 e. The van der Waals surface area contributed by atoms with Gasteiger partial charge < -0.3 is 17.1 Å². The van der Waals surface area contributed by atoms with Gasteiger partial charge in [0.2, 0.25) is 0 Å². The molecule has 0 amide bonds. The third-order valence-corrected chi connectivity index (χ3v) is 2.46. The molecular weight excluding hydrogens is 261 g/mol. The van der Waals surface area contributed by atoms with Gasteiger partial charge in [0.05, 0.1) is 6.10 Å². The van der Waals surface area contributed by atoms with Crippen molar-refractivity contribution in [1.82, 2.24) is 0 Å². The molecule has 0 aromatic rings. The van der Waals surface area contributed by atoms with Crippen LogP contribution in [0.4, 0.5) is 0 Å². The number of rotatable bonds is 4. The van der Waals surface area contributed by atoms with E-state index < -0.39 is 0 Å². The topological polar surface area (TPSA) is 9.23 Å². The van der Waals surface area contributed by atoms with E-state index in [0.29, 0.717) is 12.0 Å². The average Bonchev–Trinajstić information content (AvgIpc) is 2.14. The van der Waals surface area contributed by atoms with Gasteiger partial charge in [-0.2, -0.15) is 0 Å². The van der Waals surface area contributed by atoms with Crippen LogP contribution in [0.25, 0.3) is 0 Å². The van der Waals surface area contributed by atoms with Crippen molar-refractivity contribution in [2.24, 2.45) is 5.92 Å². The van der Waals surface area contributed by atoms with E-state index in [-0.39, 0.29) is 31.9 Å². The van der Waals surface area contributed by atoms with Crippen molar-refractivity contribution >= 4 is 0 Å². The van der Waals surface area contributed by atoms with Gasteiger partial charge in [-0.05, 0) is 44.1 Å². The fourth-order valence-corrected chi connectivity index (χ4v) is 1.61. The Morgan fingerprint density at radius 2 is 1.87 bits per heavy atom. The van der Waals surface area contributed by atoms with Crippen LogP contribution in [-0.4, -0.2) is 6.10 Å². The van der Waals surface area contributed by atoms with Crippen molar-refractivity contribution in [2.75, 3.05) is 0 Å². The summed E-state index contributed by atoms with van der Waals surface area (Å²) in [5, 5.41) is 0. The molecule has 1 saturated carbocycles. The summed E-state index contributed by atoms with van der Waals surface area (Å²) >= 11 is 0. The Hall–Kier alpha value is 0.453. The molecule has 1 rings (SSSR count). The maximum absolute atomic E-state index is 5.53. The molecule has 0 N–H and O–H groups in total. The van der Waals surface area contributed by atoms with Crippen LogP contribution in [-0.2, 0) is 24.2 Å². The van der Waals surface area contributed by atoms with E-state index in [2.05, 4.69) is 20.1 Å². The third-order valence-electron chi connectivity index (χ3n) is 2.46. The Morgan fingerprint density at radius 3 is 2.40 bits per heavy atom. The van der Waals surface area contributed by atoms with Gasteiger partial charge in [0, 0.05) is 19.5 Å². The molecule has 0 unspecified atom stereocenters. The first-order chi connectivity index (χ1) is 6.29. The molecule has 0 saturated heterocycles. The fourth-order valence-electron chi connectivity index (χ4n) is 1.61. The van der Waals surface area contributed by atoms with Crippen LogP contribution < -0.4 is 12.4 Å². The Kier molecular flexibility index (Phi) is 13.0. The van der Waals surface area contributed by atoms with E-state index in [4.69, 9.17) is 4.74 Å². The second-order valence-corrected chi connectivity index (χ2v) is 4.33. The first kappa shape index (κ1) is 17.8. The summed E-state index contributed by atoms with van der Waals surface area (Å²) < 4.78 is 5.53. The molecule has 0 heterocycles. The minimum Gasteiger partial charge on any atom is -1.00 e. The molecule has 1 nitrogen and oxygen atoms in total. The molecule has 1 aliphatic rings. The molecule has 0 aromatic carbocycles. The van der Waals surface area contributed by atoms with E-state index in [9.17, 15) is 0 Å². The molecule has 0 spiro atoms. The minimum atomic E-state index is 0. The van der Waals surface area contributed by atoms with E-state index in [1.807, 2.05) is 6.08 Å². The summed E-state index contributed by atoms with van der Waals surface area (Å²) in [4.78, 5) is 0.